The van der Waals surface area contributed by atoms with Gasteiger partial charge in [-0.1, -0.05) is 0 Å². The molecule has 0 amide bonds. The van der Waals surface area contributed by atoms with Gasteiger partial charge in [0, 0.05) is 64.4 Å². The first-order chi connectivity index (χ1) is 8.29. The van der Waals surface area contributed by atoms with Gasteiger partial charge in [0.25, 0.3) is 0 Å². The van der Waals surface area contributed by atoms with Crippen LogP contribution in [0.2, 0.25) is 0 Å². The quantitative estimate of drug-likeness (QED) is 0.367. The molecular formula is C12H29N5. The summed E-state index contributed by atoms with van der Waals surface area (Å²) in [5.74, 6) is 0. The average Bonchev–Trinajstić information content (AvgIpc) is 2.31. The summed E-state index contributed by atoms with van der Waals surface area (Å²) in [6.45, 7) is 12.8. The van der Waals surface area contributed by atoms with Crippen molar-refractivity contribution in [3.63, 3.8) is 0 Å². The minimum absolute atomic E-state index is 0.534. The molecule has 0 aliphatic carbocycles. The predicted octanol–water partition coefficient (Wildman–Crippen LogP) is -1.27. The van der Waals surface area contributed by atoms with Crippen LogP contribution in [-0.2, 0) is 0 Å². The highest BCUT2D eigenvalue weighted by atomic mass is 15.0. The van der Waals surface area contributed by atoms with E-state index in [9.17, 15) is 0 Å². The van der Waals surface area contributed by atoms with Crippen LogP contribution in [-0.4, -0.2) is 64.4 Å². The summed E-state index contributed by atoms with van der Waals surface area (Å²) < 4.78 is 0. The van der Waals surface area contributed by atoms with Crippen LogP contribution in [0.5, 0.6) is 0 Å². The third kappa shape index (κ3) is 8.51. The Balaban J connectivity index is 2.20. The third-order valence-corrected chi connectivity index (χ3v) is 2.97. The first-order valence-electron chi connectivity index (χ1n) is 6.88. The van der Waals surface area contributed by atoms with Crippen molar-refractivity contribution in [1.82, 2.24) is 26.6 Å². The number of rotatable bonds is 0. The van der Waals surface area contributed by atoms with Crippen molar-refractivity contribution in [3.8, 4) is 0 Å². The van der Waals surface area contributed by atoms with Crippen LogP contribution in [0, 0.1) is 0 Å². The average molecular weight is 243 g/mol. The summed E-state index contributed by atoms with van der Waals surface area (Å²) in [5, 5.41) is 17.3. The van der Waals surface area contributed by atoms with E-state index in [2.05, 4.69) is 40.4 Å². The van der Waals surface area contributed by atoms with Crippen molar-refractivity contribution in [3.05, 3.63) is 0 Å². The molecule has 0 saturated carbocycles. The minimum Gasteiger partial charge on any atom is -0.314 e. The van der Waals surface area contributed by atoms with E-state index in [1.165, 1.54) is 0 Å². The monoisotopic (exact) mass is 243 g/mol. The van der Waals surface area contributed by atoms with E-state index < -0.39 is 0 Å². The van der Waals surface area contributed by atoms with Crippen molar-refractivity contribution in [2.45, 2.75) is 25.9 Å². The van der Waals surface area contributed by atoms with Crippen LogP contribution >= 0.6 is 0 Å². The molecule has 0 aromatic carbocycles. The second-order valence-electron chi connectivity index (χ2n) is 4.87. The highest BCUT2D eigenvalue weighted by Crippen LogP contribution is 1.81. The highest BCUT2D eigenvalue weighted by molar-refractivity contribution is 4.70. The summed E-state index contributed by atoms with van der Waals surface area (Å²) in [6.07, 6.45) is 0. The van der Waals surface area contributed by atoms with Gasteiger partial charge in [-0.05, 0) is 13.8 Å². The van der Waals surface area contributed by atoms with Gasteiger partial charge in [-0.15, -0.1) is 0 Å². The summed E-state index contributed by atoms with van der Waals surface area (Å²) in [6, 6.07) is 1.07. The Kier molecular flexibility index (Phi) is 8.56. The molecule has 0 spiro atoms. The molecule has 1 fully saturated rings. The zero-order chi connectivity index (χ0) is 12.3. The molecule has 0 aromatic heterocycles. The molecule has 5 N–H and O–H groups in total. The van der Waals surface area contributed by atoms with Crippen molar-refractivity contribution in [2.75, 3.05) is 52.4 Å². The Labute approximate surface area is 105 Å². The van der Waals surface area contributed by atoms with Gasteiger partial charge in [0.15, 0.2) is 0 Å². The molecule has 1 saturated heterocycles. The van der Waals surface area contributed by atoms with Crippen molar-refractivity contribution >= 4 is 0 Å². The second kappa shape index (κ2) is 9.79. The molecule has 0 aromatic rings. The van der Waals surface area contributed by atoms with Crippen molar-refractivity contribution in [2.24, 2.45) is 0 Å². The molecule has 2 atom stereocenters. The molecule has 1 aliphatic heterocycles. The molecule has 0 unspecified atom stereocenters. The molecule has 5 heteroatoms. The van der Waals surface area contributed by atoms with Crippen molar-refractivity contribution < 1.29 is 0 Å². The van der Waals surface area contributed by atoms with E-state index in [1.807, 2.05) is 0 Å². The number of hydrogen-bond acceptors (Lipinski definition) is 5. The fourth-order valence-corrected chi connectivity index (χ4v) is 1.90. The van der Waals surface area contributed by atoms with Crippen molar-refractivity contribution in [1.29, 1.82) is 0 Å². The Bertz CT molecular complexity index is 158. The lowest BCUT2D eigenvalue weighted by molar-refractivity contribution is 0.459. The Morgan fingerprint density at radius 3 is 1.47 bits per heavy atom. The van der Waals surface area contributed by atoms with E-state index in [0.29, 0.717) is 12.1 Å². The lowest BCUT2D eigenvalue weighted by Crippen LogP contribution is -2.44. The lowest BCUT2D eigenvalue weighted by atomic mass is 10.3. The third-order valence-electron chi connectivity index (χ3n) is 2.97. The standard InChI is InChI=1S/C12H29N5/c1-11-9-15-10-12(2)17-8-6-14-4-3-13-5-7-16-11/h11-17H,3-10H2,1-2H3/t11-,12+. The minimum atomic E-state index is 0.534. The van der Waals surface area contributed by atoms with Gasteiger partial charge in [0.1, 0.15) is 0 Å². The molecule has 5 nitrogen and oxygen atoms in total. The van der Waals surface area contributed by atoms with Gasteiger partial charge in [-0.3, -0.25) is 0 Å². The van der Waals surface area contributed by atoms with Crippen LogP contribution in [0.25, 0.3) is 0 Å². The Morgan fingerprint density at radius 1 is 0.588 bits per heavy atom. The molecule has 0 radical (unpaired) electrons. The second-order valence-corrected chi connectivity index (χ2v) is 4.87. The molecule has 1 rings (SSSR count). The maximum Gasteiger partial charge on any atom is 0.0164 e. The zero-order valence-electron chi connectivity index (χ0n) is 11.3. The van der Waals surface area contributed by atoms with Crippen LogP contribution in [0.3, 0.4) is 0 Å². The highest BCUT2D eigenvalue weighted by Gasteiger charge is 2.03. The fraction of sp³-hybridized carbons (Fsp3) is 1.00. The van der Waals surface area contributed by atoms with Crippen LogP contribution in [0.15, 0.2) is 0 Å². The molecule has 17 heavy (non-hydrogen) atoms. The maximum atomic E-state index is 3.50. The predicted molar refractivity (Wildman–Crippen MR) is 73.5 cm³/mol. The Hall–Kier alpha value is -0.200. The fourth-order valence-electron chi connectivity index (χ4n) is 1.90. The topological polar surface area (TPSA) is 60.1 Å². The SMILES string of the molecule is C[C@@H]1CNC[C@H](C)NCCNCCNCCN1. The number of nitrogens with one attached hydrogen (secondary N) is 5. The zero-order valence-corrected chi connectivity index (χ0v) is 11.3. The van der Waals surface area contributed by atoms with Crippen LogP contribution < -0.4 is 26.6 Å². The summed E-state index contributed by atoms with van der Waals surface area (Å²) in [7, 11) is 0. The van der Waals surface area contributed by atoms with Crippen LogP contribution in [0.1, 0.15) is 13.8 Å². The van der Waals surface area contributed by atoms with Gasteiger partial charge in [0.2, 0.25) is 0 Å². The van der Waals surface area contributed by atoms with Crippen LogP contribution in [0.4, 0.5) is 0 Å². The van der Waals surface area contributed by atoms with Gasteiger partial charge in [-0.25, -0.2) is 0 Å². The molecule has 0 bridgehead atoms. The normalized spacial score (nSPS) is 31.4. The van der Waals surface area contributed by atoms with E-state index in [4.69, 9.17) is 0 Å². The van der Waals surface area contributed by atoms with Gasteiger partial charge < -0.3 is 26.6 Å². The summed E-state index contributed by atoms with van der Waals surface area (Å²) in [4.78, 5) is 0. The number of hydrogen-bond donors (Lipinski definition) is 5. The maximum absolute atomic E-state index is 3.50. The van der Waals surface area contributed by atoms with E-state index in [1.54, 1.807) is 0 Å². The van der Waals surface area contributed by atoms with E-state index >= 15 is 0 Å². The van der Waals surface area contributed by atoms with Gasteiger partial charge in [-0.2, -0.15) is 0 Å². The molecular weight excluding hydrogens is 214 g/mol. The Morgan fingerprint density at radius 2 is 1.00 bits per heavy atom. The summed E-state index contributed by atoms with van der Waals surface area (Å²) in [5.41, 5.74) is 0. The largest absolute Gasteiger partial charge is 0.314 e. The molecule has 1 aliphatic rings. The van der Waals surface area contributed by atoms with Gasteiger partial charge >= 0.3 is 0 Å². The van der Waals surface area contributed by atoms with E-state index in [0.717, 1.165) is 52.4 Å². The molecule has 1 heterocycles. The first-order valence-corrected chi connectivity index (χ1v) is 6.88. The smallest absolute Gasteiger partial charge is 0.0164 e. The van der Waals surface area contributed by atoms with Gasteiger partial charge in [0.05, 0.1) is 0 Å². The summed E-state index contributed by atoms with van der Waals surface area (Å²) >= 11 is 0. The first kappa shape index (κ1) is 14.9. The lowest BCUT2D eigenvalue weighted by Gasteiger charge is -2.18. The molecule has 102 valence electrons. The van der Waals surface area contributed by atoms with E-state index in [-0.39, 0.29) is 0 Å².